The molecule has 1 unspecified atom stereocenters. The van der Waals surface area contributed by atoms with Crippen molar-refractivity contribution in [2.45, 2.75) is 20.0 Å². The Labute approximate surface area is 105 Å². The van der Waals surface area contributed by atoms with Gasteiger partial charge < -0.3 is 14.6 Å². The van der Waals surface area contributed by atoms with Crippen molar-refractivity contribution < 1.29 is 24.2 Å². The number of ether oxygens (including phenoxy) is 2. The van der Waals surface area contributed by atoms with E-state index >= 15 is 0 Å². The van der Waals surface area contributed by atoms with Crippen molar-refractivity contribution in [1.29, 1.82) is 0 Å². The Bertz CT molecular complexity index is 277. The summed E-state index contributed by atoms with van der Waals surface area (Å²) in [5, 5.41) is 9.36. The van der Waals surface area contributed by atoms with Crippen LogP contribution in [0.25, 0.3) is 0 Å². The van der Waals surface area contributed by atoms with Crippen LogP contribution in [0, 0.1) is 0 Å². The molecule has 0 rings (SSSR count). The predicted molar refractivity (Wildman–Crippen MR) is 65.7 cm³/mol. The lowest BCUT2D eigenvalue weighted by atomic mass is 10.3. The average Bonchev–Trinajstić information content (AvgIpc) is 2.30. The fourth-order valence-corrected chi connectivity index (χ4v) is 1.21. The first-order valence-electron chi connectivity index (χ1n) is 5.21. The number of carbonyl (C=O) groups excluding carboxylic acids is 2. The van der Waals surface area contributed by atoms with Crippen molar-refractivity contribution >= 4 is 23.7 Å². The molecule has 0 amide bonds. The van der Waals surface area contributed by atoms with Crippen LogP contribution < -0.4 is 0 Å². The molecule has 17 heavy (non-hydrogen) atoms. The van der Waals surface area contributed by atoms with Gasteiger partial charge in [-0.2, -0.15) is 11.8 Å². The average molecular weight is 262 g/mol. The first kappa shape index (κ1) is 16.0. The van der Waals surface area contributed by atoms with Gasteiger partial charge in [-0.1, -0.05) is 13.5 Å². The Morgan fingerprint density at radius 3 is 2.47 bits per heavy atom. The molecule has 5 nitrogen and oxygen atoms in total. The van der Waals surface area contributed by atoms with Crippen molar-refractivity contribution in [2.75, 3.05) is 24.7 Å². The van der Waals surface area contributed by atoms with E-state index in [2.05, 4.69) is 6.58 Å². The Morgan fingerprint density at radius 2 is 1.94 bits per heavy atom. The maximum Gasteiger partial charge on any atom is 0.333 e. The smallest absolute Gasteiger partial charge is 0.333 e. The number of aliphatic hydroxyl groups excluding tert-OH is 1. The Morgan fingerprint density at radius 1 is 1.35 bits per heavy atom. The van der Waals surface area contributed by atoms with Crippen LogP contribution in [0.2, 0.25) is 0 Å². The molecule has 1 N–H and O–H groups in total. The van der Waals surface area contributed by atoms with E-state index in [0.717, 1.165) is 5.75 Å². The number of esters is 2. The molecule has 0 saturated heterocycles. The van der Waals surface area contributed by atoms with Crippen LogP contribution in [0.15, 0.2) is 12.2 Å². The summed E-state index contributed by atoms with van der Waals surface area (Å²) in [5.74, 6) is 0.127. The Hall–Kier alpha value is -1.01. The molecule has 0 spiro atoms. The topological polar surface area (TPSA) is 72.8 Å². The minimum atomic E-state index is -1.01. The molecule has 0 bridgehead atoms. The molecule has 0 aliphatic heterocycles. The molecule has 0 fully saturated rings. The van der Waals surface area contributed by atoms with E-state index in [9.17, 15) is 14.7 Å². The normalized spacial score (nSPS) is 11.7. The van der Waals surface area contributed by atoms with Crippen LogP contribution in [0.1, 0.15) is 13.8 Å². The summed E-state index contributed by atoms with van der Waals surface area (Å²) in [4.78, 5) is 22.1. The van der Waals surface area contributed by atoms with Crippen LogP contribution in [-0.4, -0.2) is 47.9 Å². The van der Waals surface area contributed by atoms with Crippen LogP contribution >= 0.6 is 11.8 Å². The molecular weight excluding hydrogens is 244 g/mol. The number of aliphatic hydroxyl groups is 1. The van der Waals surface area contributed by atoms with Gasteiger partial charge in [-0.15, -0.1) is 0 Å². The number of hydrogen-bond donors (Lipinski definition) is 1. The van der Waals surface area contributed by atoms with Gasteiger partial charge in [0.25, 0.3) is 0 Å². The minimum Gasteiger partial charge on any atom is -0.462 e. The van der Waals surface area contributed by atoms with Crippen LogP contribution in [-0.2, 0) is 19.1 Å². The molecule has 0 aliphatic rings. The third kappa shape index (κ3) is 8.76. The summed E-state index contributed by atoms with van der Waals surface area (Å²) < 4.78 is 9.47. The highest BCUT2D eigenvalue weighted by Gasteiger charge is 2.11. The van der Waals surface area contributed by atoms with Crippen LogP contribution in [0.5, 0.6) is 0 Å². The molecule has 0 heterocycles. The molecule has 0 radical (unpaired) electrons. The predicted octanol–water partition coefficient (Wildman–Crippen LogP) is 0.763. The fourth-order valence-electron chi connectivity index (χ4n) is 0.759. The van der Waals surface area contributed by atoms with E-state index in [-0.39, 0.29) is 30.5 Å². The highest BCUT2D eigenvalue weighted by molar-refractivity contribution is 7.99. The standard InChI is InChI=1S/C11H18O5S/c1-4-17-7-10(13)15-5-9(12)6-16-11(14)8(2)3/h9,12H,2,4-7H2,1,3H3. The van der Waals surface area contributed by atoms with Crippen molar-refractivity contribution in [3.8, 4) is 0 Å². The second kappa shape index (κ2) is 9.07. The molecular formula is C11H18O5S. The van der Waals surface area contributed by atoms with Crippen LogP contribution in [0.4, 0.5) is 0 Å². The third-order valence-electron chi connectivity index (χ3n) is 1.62. The van der Waals surface area contributed by atoms with Crippen molar-refractivity contribution in [2.24, 2.45) is 0 Å². The van der Waals surface area contributed by atoms with Gasteiger partial charge in [0.1, 0.15) is 19.3 Å². The van der Waals surface area contributed by atoms with E-state index < -0.39 is 12.1 Å². The molecule has 98 valence electrons. The number of rotatable bonds is 8. The summed E-state index contributed by atoms with van der Waals surface area (Å²) in [5.41, 5.74) is 0.258. The summed E-state index contributed by atoms with van der Waals surface area (Å²) in [7, 11) is 0. The van der Waals surface area contributed by atoms with E-state index in [0.29, 0.717) is 0 Å². The lowest BCUT2D eigenvalue weighted by Crippen LogP contribution is -2.26. The van der Waals surface area contributed by atoms with Crippen molar-refractivity contribution in [1.82, 2.24) is 0 Å². The van der Waals surface area contributed by atoms with Crippen LogP contribution in [0.3, 0.4) is 0 Å². The molecule has 6 heteroatoms. The van der Waals surface area contributed by atoms with Gasteiger partial charge in [0.05, 0.1) is 5.75 Å². The number of carbonyl (C=O) groups is 2. The first-order valence-corrected chi connectivity index (χ1v) is 6.36. The largest absolute Gasteiger partial charge is 0.462 e. The fraction of sp³-hybridized carbons (Fsp3) is 0.636. The SMILES string of the molecule is C=C(C)C(=O)OCC(O)COC(=O)CSCC. The first-order chi connectivity index (χ1) is 7.97. The van der Waals surface area contributed by atoms with Gasteiger partial charge in [0.2, 0.25) is 0 Å². The highest BCUT2D eigenvalue weighted by atomic mass is 32.2. The van der Waals surface area contributed by atoms with E-state index in [4.69, 9.17) is 9.47 Å². The highest BCUT2D eigenvalue weighted by Crippen LogP contribution is 2.00. The quantitative estimate of drug-likeness (QED) is 0.514. The lowest BCUT2D eigenvalue weighted by Gasteiger charge is -2.11. The second-order valence-corrected chi connectivity index (χ2v) is 4.63. The van der Waals surface area contributed by atoms with E-state index in [1.54, 1.807) is 0 Å². The summed E-state index contributed by atoms with van der Waals surface area (Å²) in [6, 6.07) is 0. The Balaban J connectivity index is 3.65. The molecule has 0 saturated carbocycles. The van der Waals surface area contributed by atoms with Gasteiger partial charge in [-0.3, -0.25) is 4.79 Å². The molecule has 0 aliphatic carbocycles. The van der Waals surface area contributed by atoms with E-state index in [1.165, 1.54) is 18.7 Å². The maximum absolute atomic E-state index is 11.1. The van der Waals surface area contributed by atoms with Crippen molar-refractivity contribution in [3.05, 3.63) is 12.2 Å². The minimum absolute atomic E-state index is 0.174. The molecule has 0 aromatic heterocycles. The summed E-state index contributed by atoms with van der Waals surface area (Å²) >= 11 is 1.44. The lowest BCUT2D eigenvalue weighted by molar-refractivity contribution is -0.148. The van der Waals surface area contributed by atoms with Gasteiger partial charge in [0, 0.05) is 5.57 Å². The van der Waals surface area contributed by atoms with Gasteiger partial charge in [-0.25, -0.2) is 4.79 Å². The second-order valence-electron chi connectivity index (χ2n) is 3.35. The van der Waals surface area contributed by atoms with Gasteiger partial charge in [-0.05, 0) is 12.7 Å². The number of hydrogen-bond acceptors (Lipinski definition) is 6. The zero-order valence-electron chi connectivity index (χ0n) is 10.1. The molecule has 0 aromatic carbocycles. The Kier molecular flexibility index (Phi) is 8.53. The van der Waals surface area contributed by atoms with E-state index in [1.807, 2.05) is 6.92 Å². The zero-order chi connectivity index (χ0) is 13.3. The van der Waals surface area contributed by atoms with Gasteiger partial charge >= 0.3 is 11.9 Å². The maximum atomic E-state index is 11.1. The number of thioether (sulfide) groups is 1. The molecule has 1 atom stereocenters. The van der Waals surface area contributed by atoms with Crippen molar-refractivity contribution in [3.63, 3.8) is 0 Å². The summed E-state index contributed by atoms with van der Waals surface area (Å²) in [6.45, 7) is 6.46. The third-order valence-corrected chi connectivity index (χ3v) is 2.46. The monoisotopic (exact) mass is 262 g/mol. The zero-order valence-corrected chi connectivity index (χ0v) is 10.9. The summed E-state index contributed by atoms with van der Waals surface area (Å²) in [6.07, 6.45) is -1.01. The van der Waals surface area contributed by atoms with Gasteiger partial charge in [0.15, 0.2) is 0 Å². The molecule has 0 aromatic rings.